The van der Waals surface area contributed by atoms with Crippen molar-refractivity contribution >= 4 is 44.4 Å². The number of carbonyl (C=O) groups is 1. The summed E-state index contributed by atoms with van der Waals surface area (Å²) in [5.74, 6) is 0.857. The Morgan fingerprint density at radius 2 is 1.96 bits per heavy atom. The van der Waals surface area contributed by atoms with Gasteiger partial charge < -0.3 is 10.1 Å². The summed E-state index contributed by atoms with van der Waals surface area (Å²) in [7, 11) is 0. The van der Waals surface area contributed by atoms with Crippen molar-refractivity contribution in [2.24, 2.45) is 0 Å². The molecule has 0 radical (unpaired) electrons. The van der Waals surface area contributed by atoms with E-state index >= 15 is 0 Å². The number of carbonyl (C=O) groups excluding carboxylic acids is 1. The lowest BCUT2D eigenvalue weighted by Crippen LogP contribution is -2.14. The number of anilines is 1. The number of amides is 1. The van der Waals surface area contributed by atoms with Crippen molar-refractivity contribution in [2.75, 3.05) is 17.7 Å². The molecule has 3 aromatic rings. The maximum absolute atomic E-state index is 12.2. The minimum Gasteiger partial charge on any atom is -0.494 e. The average Bonchev–Trinajstić information content (AvgIpc) is 3.07. The van der Waals surface area contributed by atoms with E-state index in [-0.39, 0.29) is 11.7 Å². The molecule has 0 unspecified atom stereocenters. The standard InChI is InChI=1S/C18H21N5O2S2/c1-4-12-13(5-2)22-23-18(19-12)26-10-16(24)21-17-20-14-8-7-11(25-6-3)9-15(14)27-17/h7-9H,4-6,10H2,1-3H3,(H,20,21,24). The molecule has 9 heteroatoms. The van der Waals surface area contributed by atoms with E-state index in [1.165, 1.54) is 23.1 Å². The third kappa shape index (κ3) is 4.92. The van der Waals surface area contributed by atoms with Gasteiger partial charge in [0.25, 0.3) is 0 Å². The Morgan fingerprint density at radius 1 is 1.15 bits per heavy atom. The summed E-state index contributed by atoms with van der Waals surface area (Å²) in [6.45, 7) is 6.62. The first-order chi connectivity index (χ1) is 13.1. The lowest BCUT2D eigenvalue weighted by molar-refractivity contribution is -0.113. The maximum Gasteiger partial charge on any atom is 0.236 e. The zero-order chi connectivity index (χ0) is 19.2. The third-order valence-electron chi connectivity index (χ3n) is 3.74. The van der Waals surface area contributed by atoms with Crippen LogP contribution in [-0.4, -0.2) is 38.4 Å². The molecule has 0 aliphatic carbocycles. The van der Waals surface area contributed by atoms with Gasteiger partial charge >= 0.3 is 0 Å². The molecule has 2 heterocycles. The number of fused-ring (bicyclic) bond motifs is 1. The van der Waals surface area contributed by atoms with Crippen molar-refractivity contribution in [3.63, 3.8) is 0 Å². The molecule has 2 aromatic heterocycles. The normalized spacial score (nSPS) is 10.9. The van der Waals surface area contributed by atoms with Crippen molar-refractivity contribution in [3.05, 3.63) is 29.6 Å². The molecule has 0 atom stereocenters. The predicted octanol–water partition coefficient (Wildman–Crippen LogP) is 3.74. The fraction of sp³-hybridized carbons (Fsp3) is 0.389. The fourth-order valence-electron chi connectivity index (χ4n) is 2.48. The van der Waals surface area contributed by atoms with Crippen molar-refractivity contribution < 1.29 is 9.53 Å². The maximum atomic E-state index is 12.2. The number of aromatic nitrogens is 4. The molecule has 1 amide bonds. The highest BCUT2D eigenvalue weighted by molar-refractivity contribution is 7.99. The average molecular weight is 404 g/mol. The number of hydrogen-bond acceptors (Lipinski definition) is 8. The molecule has 0 fully saturated rings. The Kier molecular flexibility index (Phi) is 6.57. The van der Waals surface area contributed by atoms with Crippen LogP contribution in [0.4, 0.5) is 5.13 Å². The number of nitrogens with zero attached hydrogens (tertiary/aromatic N) is 4. The van der Waals surface area contributed by atoms with Crippen LogP contribution in [0.25, 0.3) is 10.2 Å². The monoisotopic (exact) mass is 403 g/mol. The van der Waals surface area contributed by atoms with Crippen LogP contribution in [0.1, 0.15) is 32.2 Å². The van der Waals surface area contributed by atoms with Gasteiger partial charge in [-0.25, -0.2) is 9.97 Å². The first-order valence-corrected chi connectivity index (χ1v) is 10.6. The lowest BCUT2D eigenvalue weighted by atomic mass is 10.2. The van der Waals surface area contributed by atoms with Crippen LogP contribution in [-0.2, 0) is 17.6 Å². The molecule has 27 heavy (non-hydrogen) atoms. The first kappa shape index (κ1) is 19.5. The van der Waals surface area contributed by atoms with Crippen LogP contribution in [0.3, 0.4) is 0 Å². The number of rotatable bonds is 8. The minimum absolute atomic E-state index is 0.148. The van der Waals surface area contributed by atoms with E-state index in [0.717, 1.165) is 40.2 Å². The van der Waals surface area contributed by atoms with Gasteiger partial charge in [0, 0.05) is 0 Å². The molecular weight excluding hydrogens is 382 g/mol. The smallest absolute Gasteiger partial charge is 0.236 e. The SMILES string of the molecule is CCOc1ccc2nc(NC(=O)CSc3nnc(CC)c(CC)n3)sc2c1. The second-order valence-corrected chi connectivity index (χ2v) is 7.59. The van der Waals surface area contributed by atoms with Crippen molar-refractivity contribution in [3.8, 4) is 5.75 Å². The highest BCUT2D eigenvalue weighted by atomic mass is 32.2. The van der Waals surface area contributed by atoms with Crippen LogP contribution in [0, 0.1) is 0 Å². The predicted molar refractivity (Wildman–Crippen MR) is 109 cm³/mol. The highest BCUT2D eigenvalue weighted by Crippen LogP contribution is 2.29. The summed E-state index contributed by atoms with van der Waals surface area (Å²) in [6, 6.07) is 5.70. The summed E-state index contributed by atoms with van der Waals surface area (Å²) in [5, 5.41) is 12.2. The topological polar surface area (TPSA) is 89.9 Å². The summed E-state index contributed by atoms with van der Waals surface area (Å²) in [5.41, 5.74) is 2.68. The quantitative estimate of drug-likeness (QED) is 0.573. The molecule has 1 N–H and O–H groups in total. The van der Waals surface area contributed by atoms with Gasteiger partial charge in [-0.2, -0.15) is 5.10 Å². The van der Waals surface area contributed by atoms with Gasteiger partial charge in [0.05, 0.1) is 34.0 Å². The number of aryl methyl sites for hydroxylation is 2. The van der Waals surface area contributed by atoms with Crippen LogP contribution in [0.15, 0.2) is 23.4 Å². The molecular formula is C18H21N5O2S2. The Labute approximate surface area is 166 Å². The third-order valence-corrected chi connectivity index (χ3v) is 5.51. The molecule has 0 spiro atoms. The van der Waals surface area contributed by atoms with Crippen molar-refractivity contribution in [1.29, 1.82) is 0 Å². The van der Waals surface area contributed by atoms with Gasteiger partial charge in [0.15, 0.2) is 5.13 Å². The molecule has 7 nitrogen and oxygen atoms in total. The highest BCUT2D eigenvalue weighted by Gasteiger charge is 2.12. The van der Waals surface area contributed by atoms with Crippen LogP contribution >= 0.6 is 23.1 Å². The zero-order valence-corrected chi connectivity index (χ0v) is 17.1. The van der Waals surface area contributed by atoms with Crippen molar-refractivity contribution in [2.45, 2.75) is 38.8 Å². The van der Waals surface area contributed by atoms with E-state index < -0.39 is 0 Å². The Bertz CT molecular complexity index is 945. The number of ether oxygens (including phenoxy) is 1. The van der Waals surface area contributed by atoms with Crippen LogP contribution in [0.5, 0.6) is 5.75 Å². The van der Waals surface area contributed by atoms with E-state index in [0.29, 0.717) is 16.9 Å². The van der Waals surface area contributed by atoms with Gasteiger partial charge in [-0.15, -0.1) is 5.10 Å². The number of thiazole rings is 1. The number of hydrogen-bond donors (Lipinski definition) is 1. The number of benzene rings is 1. The van der Waals surface area contributed by atoms with Crippen LogP contribution in [0.2, 0.25) is 0 Å². The van der Waals surface area contributed by atoms with Gasteiger partial charge in [-0.05, 0) is 38.0 Å². The van der Waals surface area contributed by atoms with Crippen molar-refractivity contribution in [1.82, 2.24) is 20.2 Å². The molecule has 0 saturated heterocycles. The van der Waals surface area contributed by atoms with Gasteiger partial charge in [-0.1, -0.05) is 36.9 Å². The van der Waals surface area contributed by atoms with Gasteiger partial charge in [-0.3, -0.25) is 4.79 Å². The molecule has 142 valence electrons. The molecule has 3 rings (SSSR count). The Morgan fingerprint density at radius 3 is 2.70 bits per heavy atom. The molecule has 0 saturated carbocycles. The van der Waals surface area contributed by atoms with E-state index in [4.69, 9.17) is 4.74 Å². The first-order valence-electron chi connectivity index (χ1n) is 8.81. The summed E-state index contributed by atoms with van der Waals surface area (Å²) < 4.78 is 6.47. The Hall–Kier alpha value is -2.26. The number of nitrogens with one attached hydrogen (secondary N) is 1. The van der Waals surface area contributed by atoms with E-state index in [2.05, 4.69) is 25.5 Å². The molecule has 0 aliphatic heterocycles. The minimum atomic E-state index is -0.148. The zero-order valence-electron chi connectivity index (χ0n) is 15.5. The summed E-state index contributed by atoms with van der Waals surface area (Å²) in [4.78, 5) is 21.2. The van der Waals surface area contributed by atoms with Gasteiger partial charge in [0.1, 0.15) is 5.75 Å². The Balaban J connectivity index is 1.61. The molecule has 1 aromatic carbocycles. The van der Waals surface area contributed by atoms with E-state index in [1.54, 1.807) is 0 Å². The summed E-state index contributed by atoms with van der Waals surface area (Å²) in [6.07, 6.45) is 1.60. The second kappa shape index (κ2) is 9.09. The van der Waals surface area contributed by atoms with E-state index in [9.17, 15) is 4.79 Å². The van der Waals surface area contributed by atoms with Crippen LogP contribution < -0.4 is 10.1 Å². The fourth-order valence-corrected chi connectivity index (χ4v) is 4.00. The molecule has 0 bridgehead atoms. The lowest BCUT2D eigenvalue weighted by Gasteiger charge is -2.05. The van der Waals surface area contributed by atoms with E-state index in [1.807, 2.05) is 39.0 Å². The second-order valence-electron chi connectivity index (χ2n) is 5.61. The van der Waals surface area contributed by atoms with Gasteiger partial charge in [0.2, 0.25) is 11.1 Å². The summed E-state index contributed by atoms with van der Waals surface area (Å²) >= 11 is 2.69. The number of thioether (sulfide) groups is 1. The largest absolute Gasteiger partial charge is 0.494 e. The molecule has 0 aliphatic rings.